The van der Waals surface area contributed by atoms with Crippen molar-refractivity contribution in [3.05, 3.63) is 64.7 Å². The summed E-state index contributed by atoms with van der Waals surface area (Å²) in [7, 11) is 0. The maximum absolute atomic E-state index is 12.7. The number of hydrogen-bond acceptors (Lipinski definition) is 5. The minimum absolute atomic E-state index is 0.303. The van der Waals surface area contributed by atoms with Gasteiger partial charge < -0.3 is 15.4 Å². The van der Waals surface area contributed by atoms with Crippen LogP contribution in [0.25, 0.3) is 11.1 Å². The van der Waals surface area contributed by atoms with Crippen molar-refractivity contribution in [2.24, 2.45) is 0 Å². The van der Waals surface area contributed by atoms with Gasteiger partial charge in [-0.25, -0.2) is 9.78 Å². The number of aryl methyl sites for hydroxylation is 2. The third-order valence-electron chi connectivity index (χ3n) is 4.09. The third kappa shape index (κ3) is 4.37. The highest BCUT2D eigenvalue weighted by Crippen LogP contribution is 2.40. The monoisotopic (exact) mass is 411 g/mol. The topological polar surface area (TPSA) is 63.2 Å². The molecule has 0 aliphatic rings. The van der Waals surface area contributed by atoms with E-state index in [0.717, 1.165) is 21.6 Å². The van der Waals surface area contributed by atoms with Crippen LogP contribution < -0.4 is 10.6 Å². The summed E-state index contributed by atoms with van der Waals surface area (Å²) in [5.74, 6) is 0.305. The second kappa shape index (κ2) is 8.95. The summed E-state index contributed by atoms with van der Waals surface area (Å²) < 4.78 is 5.31. The van der Waals surface area contributed by atoms with Gasteiger partial charge in [0, 0.05) is 16.6 Å². The van der Waals surface area contributed by atoms with Gasteiger partial charge in [-0.15, -0.1) is 11.3 Å². The number of thiocarbonyl (C=S) groups is 1. The number of anilines is 2. The number of nitrogens with zero attached hydrogens (tertiary/aromatic N) is 1. The maximum Gasteiger partial charge on any atom is 0.341 e. The number of thiophene rings is 1. The minimum atomic E-state index is -0.370. The number of pyridine rings is 1. The van der Waals surface area contributed by atoms with Crippen LogP contribution in [-0.4, -0.2) is 22.7 Å². The third-order valence-corrected chi connectivity index (χ3v) is 5.32. The molecule has 0 bridgehead atoms. The van der Waals surface area contributed by atoms with E-state index in [-0.39, 0.29) is 5.97 Å². The summed E-state index contributed by atoms with van der Waals surface area (Å²) in [6.07, 6.45) is 1.70. The van der Waals surface area contributed by atoms with Gasteiger partial charge in [-0.05, 0) is 50.2 Å². The highest BCUT2D eigenvalue weighted by Gasteiger charge is 2.25. The molecule has 0 aliphatic carbocycles. The Kier molecular flexibility index (Phi) is 6.38. The van der Waals surface area contributed by atoms with Gasteiger partial charge in [0.2, 0.25) is 0 Å². The minimum Gasteiger partial charge on any atom is -0.462 e. The van der Waals surface area contributed by atoms with Gasteiger partial charge in [0.1, 0.15) is 16.4 Å². The van der Waals surface area contributed by atoms with Gasteiger partial charge >= 0.3 is 5.97 Å². The SMILES string of the molecule is CCOC(=O)c1c(NC(=S)Nc2ncccc2C)sc(C)c1-c1ccccc1. The van der Waals surface area contributed by atoms with E-state index in [1.165, 1.54) is 11.3 Å². The molecule has 0 spiro atoms. The zero-order valence-electron chi connectivity index (χ0n) is 15.9. The number of rotatable bonds is 5. The summed E-state index contributed by atoms with van der Waals surface area (Å²) in [5.41, 5.74) is 3.30. The van der Waals surface area contributed by atoms with Crippen molar-refractivity contribution < 1.29 is 9.53 Å². The van der Waals surface area contributed by atoms with Crippen molar-refractivity contribution in [2.45, 2.75) is 20.8 Å². The Morgan fingerprint density at radius 1 is 1.14 bits per heavy atom. The Morgan fingerprint density at radius 2 is 1.89 bits per heavy atom. The highest BCUT2D eigenvalue weighted by atomic mass is 32.1. The van der Waals surface area contributed by atoms with E-state index in [0.29, 0.717) is 28.1 Å². The Hall–Kier alpha value is -2.77. The number of benzene rings is 1. The standard InChI is InChI=1S/C21H21N3O2S2/c1-4-26-20(25)17-16(15-10-6-5-7-11-15)14(3)28-19(17)24-21(27)23-18-13(2)9-8-12-22-18/h5-12H,4H2,1-3H3,(H2,22,23,24,27). The average molecular weight is 412 g/mol. The fourth-order valence-corrected chi connectivity index (χ4v) is 4.17. The molecule has 0 saturated heterocycles. The summed E-state index contributed by atoms with van der Waals surface area (Å²) in [4.78, 5) is 18.0. The van der Waals surface area contributed by atoms with Crippen molar-refractivity contribution in [3.63, 3.8) is 0 Å². The van der Waals surface area contributed by atoms with Crippen LogP contribution in [0.2, 0.25) is 0 Å². The maximum atomic E-state index is 12.7. The van der Waals surface area contributed by atoms with Crippen LogP contribution in [0.3, 0.4) is 0 Å². The molecule has 2 aromatic heterocycles. The van der Waals surface area contributed by atoms with Crippen LogP contribution in [0.15, 0.2) is 48.7 Å². The van der Waals surface area contributed by atoms with Crippen LogP contribution in [0.1, 0.15) is 27.7 Å². The van der Waals surface area contributed by atoms with E-state index < -0.39 is 0 Å². The van der Waals surface area contributed by atoms with Gasteiger partial charge in [-0.1, -0.05) is 36.4 Å². The first-order valence-corrected chi connectivity index (χ1v) is 10.1. The lowest BCUT2D eigenvalue weighted by Crippen LogP contribution is -2.21. The fourth-order valence-electron chi connectivity index (χ4n) is 2.84. The second-order valence-corrected chi connectivity index (χ2v) is 7.70. The van der Waals surface area contributed by atoms with Gasteiger partial charge in [0.15, 0.2) is 5.11 Å². The molecular weight excluding hydrogens is 390 g/mol. The van der Waals surface area contributed by atoms with Gasteiger partial charge in [0.25, 0.3) is 0 Å². The smallest absolute Gasteiger partial charge is 0.341 e. The van der Waals surface area contributed by atoms with Gasteiger partial charge in [-0.3, -0.25) is 0 Å². The van der Waals surface area contributed by atoms with Crippen LogP contribution in [0, 0.1) is 13.8 Å². The zero-order chi connectivity index (χ0) is 20.1. The molecule has 0 amide bonds. The van der Waals surface area contributed by atoms with Crippen molar-refractivity contribution >= 4 is 45.5 Å². The molecule has 0 aliphatic heterocycles. The summed E-state index contributed by atoms with van der Waals surface area (Å²) in [6.45, 7) is 6.03. The molecule has 2 N–H and O–H groups in total. The first kappa shape index (κ1) is 20.0. The molecule has 0 unspecified atom stereocenters. The Morgan fingerprint density at radius 3 is 2.57 bits per heavy atom. The first-order valence-electron chi connectivity index (χ1n) is 8.86. The second-order valence-electron chi connectivity index (χ2n) is 6.07. The van der Waals surface area contributed by atoms with Gasteiger partial charge in [-0.2, -0.15) is 0 Å². The fraction of sp³-hybridized carbons (Fsp3) is 0.190. The summed E-state index contributed by atoms with van der Waals surface area (Å²) >= 11 is 6.92. The number of aromatic nitrogens is 1. The molecule has 0 fully saturated rings. The molecular formula is C21H21N3O2S2. The molecule has 1 aromatic carbocycles. The molecule has 7 heteroatoms. The number of carbonyl (C=O) groups excluding carboxylic acids is 1. The van der Waals surface area contributed by atoms with E-state index in [9.17, 15) is 4.79 Å². The van der Waals surface area contributed by atoms with Crippen molar-refractivity contribution in [2.75, 3.05) is 17.2 Å². The van der Waals surface area contributed by atoms with Gasteiger partial charge in [0.05, 0.1) is 6.61 Å². The van der Waals surface area contributed by atoms with E-state index in [2.05, 4.69) is 15.6 Å². The number of carbonyl (C=O) groups is 1. The van der Waals surface area contributed by atoms with E-state index in [1.54, 1.807) is 13.1 Å². The van der Waals surface area contributed by atoms with Crippen LogP contribution in [0.5, 0.6) is 0 Å². The first-order chi connectivity index (χ1) is 13.5. The highest BCUT2D eigenvalue weighted by molar-refractivity contribution is 7.80. The summed E-state index contributed by atoms with van der Waals surface area (Å²) in [5, 5.41) is 7.27. The molecule has 3 aromatic rings. The van der Waals surface area contributed by atoms with E-state index in [4.69, 9.17) is 17.0 Å². The zero-order valence-corrected chi connectivity index (χ0v) is 17.5. The van der Waals surface area contributed by atoms with Crippen molar-refractivity contribution in [1.82, 2.24) is 4.98 Å². The largest absolute Gasteiger partial charge is 0.462 e. The van der Waals surface area contributed by atoms with Crippen LogP contribution >= 0.6 is 23.6 Å². The van der Waals surface area contributed by atoms with Crippen molar-refractivity contribution in [1.29, 1.82) is 0 Å². The predicted octanol–water partition coefficient (Wildman–Crippen LogP) is 5.41. The molecule has 0 atom stereocenters. The summed E-state index contributed by atoms with van der Waals surface area (Å²) in [6, 6.07) is 13.6. The van der Waals surface area contributed by atoms with E-state index in [1.807, 2.05) is 56.3 Å². The predicted molar refractivity (Wildman–Crippen MR) is 119 cm³/mol. The molecule has 144 valence electrons. The number of hydrogen-bond donors (Lipinski definition) is 2. The van der Waals surface area contributed by atoms with Crippen LogP contribution in [-0.2, 0) is 4.74 Å². The van der Waals surface area contributed by atoms with Crippen LogP contribution in [0.4, 0.5) is 10.8 Å². The molecule has 5 nitrogen and oxygen atoms in total. The van der Waals surface area contributed by atoms with E-state index >= 15 is 0 Å². The normalized spacial score (nSPS) is 10.4. The van der Waals surface area contributed by atoms with Crippen molar-refractivity contribution in [3.8, 4) is 11.1 Å². The Bertz CT molecular complexity index is 1000. The average Bonchev–Trinajstić information content (AvgIpc) is 3.00. The molecule has 2 heterocycles. The number of ether oxygens (including phenoxy) is 1. The molecule has 28 heavy (non-hydrogen) atoms. The molecule has 0 radical (unpaired) electrons. The molecule has 3 rings (SSSR count). The lowest BCUT2D eigenvalue weighted by Gasteiger charge is -2.12. The lowest BCUT2D eigenvalue weighted by molar-refractivity contribution is 0.0529. The Labute approximate surface area is 173 Å². The number of esters is 1. The quantitative estimate of drug-likeness (QED) is 0.432. The lowest BCUT2D eigenvalue weighted by atomic mass is 10.0. The molecule has 0 saturated carbocycles. The number of nitrogens with one attached hydrogen (secondary N) is 2. The Balaban J connectivity index is 1.95.